The lowest BCUT2D eigenvalue weighted by atomic mass is 9.81. The molecule has 0 aromatic heterocycles. The van der Waals surface area contributed by atoms with Crippen molar-refractivity contribution in [3.8, 4) is 0 Å². The SMILES string of the molecule is CCC(CC)(CNC(C)C)CN(CCN(C)C)CC(C)C. The quantitative estimate of drug-likeness (QED) is 0.596. The Kier molecular flexibility index (Phi) is 10.5. The van der Waals surface area contributed by atoms with Crippen LogP contribution < -0.4 is 5.32 Å². The molecule has 1 N–H and O–H groups in total. The summed E-state index contributed by atoms with van der Waals surface area (Å²) >= 11 is 0. The molecule has 0 aliphatic rings. The van der Waals surface area contributed by atoms with Gasteiger partial charge in [0.2, 0.25) is 0 Å². The molecule has 0 amide bonds. The zero-order chi connectivity index (χ0) is 16.5. The Morgan fingerprint density at radius 1 is 0.952 bits per heavy atom. The van der Waals surface area contributed by atoms with Crippen molar-refractivity contribution >= 4 is 0 Å². The van der Waals surface area contributed by atoms with Crippen LogP contribution in [0.1, 0.15) is 54.4 Å². The fraction of sp³-hybridized carbons (Fsp3) is 1.00. The minimum absolute atomic E-state index is 0.408. The summed E-state index contributed by atoms with van der Waals surface area (Å²) in [6.45, 7) is 19.7. The fourth-order valence-electron chi connectivity index (χ4n) is 2.77. The second-order valence-corrected chi connectivity index (χ2v) is 7.67. The monoisotopic (exact) mass is 299 g/mol. The molecule has 0 unspecified atom stereocenters. The van der Waals surface area contributed by atoms with Gasteiger partial charge in [0.1, 0.15) is 0 Å². The molecule has 0 radical (unpaired) electrons. The zero-order valence-corrected chi connectivity index (χ0v) is 16.0. The third-order valence-corrected chi connectivity index (χ3v) is 4.43. The van der Waals surface area contributed by atoms with E-state index in [1.165, 1.54) is 32.5 Å². The highest BCUT2D eigenvalue weighted by molar-refractivity contribution is 4.84. The number of hydrogen-bond acceptors (Lipinski definition) is 3. The van der Waals surface area contributed by atoms with Crippen LogP contribution in [0, 0.1) is 11.3 Å². The summed E-state index contributed by atoms with van der Waals surface area (Å²) in [6, 6.07) is 0.572. The number of likely N-dealkylation sites (N-methyl/N-ethyl adjacent to an activating group) is 1. The van der Waals surface area contributed by atoms with Gasteiger partial charge in [0.25, 0.3) is 0 Å². The van der Waals surface area contributed by atoms with E-state index in [0.717, 1.165) is 19.0 Å². The van der Waals surface area contributed by atoms with Gasteiger partial charge in [-0.05, 0) is 38.3 Å². The molecule has 3 heteroatoms. The van der Waals surface area contributed by atoms with E-state index in [9.17, 15) is 0 Å². The van der Waals surface area contributed by atoms with Gasteiger partial charge in [0, 0.05) is 38.8 Å². The van der Waals surface area contributed by atoms with Gasteiger partial charge >= 0.3 is 0 Å². The predicted molar refractivity (Wildman–Crippen MR) is 96.0 cm³/mol. The predicted octanol–water partition coefficient (Wildman–Crippen LogP) is 3.31. The Hall–Kier alpha value is -0.120. The summed E-state index contributed by atoms with van der Waals surface area (Å²) in [6.07, 6.45) is 2.50. The Morgan fingerprint density at radius 3 is 1.90 bits per heavy atom. The van der Waals surface area contributed by atoms with Gasteiger partial charge in [-0.1, -0.05) is 41.5 Å². The second-order valence-electron chi connectivity index (χ2n) is 7.67. The van der Waals surface area contributed by atoms with E-state index in [-0.39, 0.29) is 0 Å². The van der Waals surface area contributed by atoms with Gasteiger partial charge in [-0.2, -0.15) is 0 Å². The van der Waals surface area contributed by atoms with Crippen LogP contribution in [0.15, 0.2) is 0 Å². The average molecular weight is 300 g/mol. The average Bonchev–Trinajstić information content (AvgIpc) is 2.40. The van der Waals surface area contributed by atoms with E-state index in [1.807, 2.05) is 0 Å². The van der Waals surface area contributed by atoms with Crippen molar-refractivity contribution < 1.29 is 0 Å². The number of nitrogens with zero attached hydrogens (tertiary/aromatic N) is 2. The fourth-order valence-corrected chi connectivity index (χ4v) is 2.77. The van der Waals surface area contributed by atoms with Crippen LogP contribution >= 0.6 is 0 Å². The first-order valence-corrected chi connectivity index (χ1v) is 8.85. The third kappa shape index (κ3) is 9.49. The first kappa shape index (κ1) is 20.9. The molecular weight excluding hydrogens is 258 g/mol. The summed E-state index contributed by atoms with van der Waals surface area (Å²) in [5, 5.41) is 3.67. The highest BCUT2D eigenvalue weighted by Crippen LogP contribution is 2.27. The molecule has 0 aliphatic heterocycles. The normalized spacial score (nSPS) is 13.1. The van der Waals surface area contributed by atoms with E-state index < -0.39 is 0 Å². The van der Waals surface area contributed by atoms with Gasteiger partial charge in [0.15, 0.2) is 0 Å². The Labute approximate surface area is 134 Å². The molecule has 128 valence electrons. The van der Waals surface area contributed by atoms with E-state index in [2.05, 4.69) is 70.8 Å². The highest BCUT2D eigenvalue weighted by atomic mass is 15.2. The van der Waals surface area contributed by atoms with Crippen LogP contribution in [-0.2, 0) is 0 Å². The first-order chi connectivity index (χ1) is 9.74. The number of hydrogen-bond donors (Lipinski definition) is 1. The van der Waals surface area contributed by atoms with E-state index >= 15 is 0 Å². The van der Waals surface area contributed by atoms with Crippen LogP contribution in [0.4, 0.5) is 0 Å². The molecule has 0 fully saturated rings. The summed E-state index contributed by atoms with van der Waals surface area (Å²) in [4.78, 5) is 4.97. The van der Waals surface area contributed by atoms with Crippen LogP contribution in [0.25, 0.3) is 0 Å². The molecule has 21 heavy (non-hydrogen) atoms. The van der Waals surface area contributed by atoms with Crippen molar-refractivity contribution in [3.05, 3.63) is 0 Å². The summed E-state index contributed by atoms with van der Waals surface area (Å²) in [5.74, 6) is 0.733. The van der Waals surface area contributed by atoms with Crippen molar-refractivity contribution in [3.63, 3.8) is 0 Å². The van der Waals surface area contributed by atoms with E-state index in [0.29, 0.717) is 11.5 Å². The van der Waals surface area contributed by atoms with Gasteiger partial charge < -0.3 is 15.1 Å². The van der Waals surface area contributed by atoms with Crippen molar-refractivity contribution in [1.29, 1.82) is 0 Å². The van der Waals surface area contributed by atoms with Crippen molar-refractivity contribution in [2.45, 2.75) is 60.4 Å². The van der Waals surface area contributed by atoms with Gasteiger partial charge in [-0.3, -0.25) is 0 Å². The molecule has 0 aliphatic carbocycles. The van der Waals surface area contributed by atoms with Crippen LogP contribution in [0.5, 0.6) is 0 Å². The minimum atomic E-state index is 0.408. The zero-order valence-electron chi connectivity index (χ0n) is 16.0. The topological polar surface area (TPSA) is 18.5 Å². The molecular formula is C18H41N3. The van der Waals surface area contributed by atoms with Crippen LogP contribution in [0.3, 0.4) is 0 Å². The summed E-state index contributed by atoms with van der Waals surface area (Å²) in [5.41, 5.74) is 0.408. The molecule has 0 spiro atoms. The molecule has 0 atom stereocenters. The highest BCUT2D eigenvalue weighted by Gasteiger charge is 2.29. The largest absolute Gasteiger partial charge is 0.314 e. The van der Waals surface area contributed by atoms with E-state index in [4.69, 9.17) is 0 Å². The summed E-state index contributed by atoms with van der Waals surface area (Å²) in [7, 11) is 4.33. The maximum absolute atomic E-state index is 3.67. The Balaban J connectivity index is 4.75. The lowest BCUT2D eigenvalue weighted by Gasteiger charge is -2.39. The Bertz CT molecular complexity index is 245. The molecule has 0 aromatic rings. The lowest BCUT2D eigenvalue weighted by molar-refractivity contribution is 0.115. The van der Waals surface area contributed by atoms with Crippen LogP contribution in [-0.4, -0.2) is 62.7 Å². The second kappa shape index (κ2) is 10.6. The number of rotatable bonds is 12. The van der Waals surface area contributed by atoms with Gasteiger partial charge in [-0.25, -0.2) is 0 Å². The maximum atomic E-state index is 3.67. The molecule has 0 aromatic carbocycles. The Morgan fingerprint density at radius 2 is 1.52 bits per heavy atom. The summed E-state index contributed by atoms with van der Waals surface area (Å²) < 4.78 is 0. The molecule has 0 rings (SSSR count). The standard InChI is InChI=1S/C18H41N3/c1-9-18(10-2,14-19-17(5)6)15-21(13-16(3)4)12-11-20(7)8/h16-17,19H,9-15H2,1-8H3. The first-order valence-electron chi connectivity index (χ1n) is 8.85. The molecule has 0 bridgehead atoms. The molecule has 0 saturated carbocycles. The van der Waals surface area contributed by atoms with Gasteiger partial charge in [0.05, 0.1) is 0 Å². The van der Waals surface area contributed by atoms with Gasteiger partial charge in [-0.15, -0.1) is 0 Å². The molecule has 3 nitrogen and oxygen atoms in total. The molecule has 0 saturated heterocycles. The van der Waals surface area contributed by atoms with Crippen molar-refractivity contribution in [1.82, 2.24) is 15.1 Å². The van der Waals surface area contributed by atoms with Crippen molar-refractivity contribution in [2.24, 2.45) is 11.3 Å². The van der Waals surface area contributed by atoms with Crippen LogP contribution in [0.2, 0.25) is 0 Å². The smallest absolute Gasteiger partial charge is 0.0109 e. The maximum Gasteiger partial charge on any atom is 0.0109 e. The van der Waals surface area contributed by atoms with Crippen molar-refractivity contribution in [2.75, 3.05) is 46.8 Å². The minimum Gasteiger partial charge on any atom is -0.314 e. The third-order valence-electron chi connectivity index (χ3n) is 4.43. The lowest BCUT2D eigenvalue weighted by Crippen LogP contribution is -2.47. The van der Waals surface area contributed by atoms with E-state index in [1.54, 1.807) is 0 Å². The molecule has 0 heterocycles. The number of nitrogens with one attached hydrogen (secondary N) is 1.